The Labute approximate surface area is 231 Å². The van der Waals surface area contributed by atoms with Crippen LogP contribution < -0.4 is 18.9 Å². The third kappa shape index (κ3) is 6.84. The smallest absolute Gasteiger partial charge is 0.308 e. The fraction of sp³-hybridized carbons (Fsp3) is 0.269. The fourth-order valence-corrected chi connectivity index (χ4v) is 5.18. The molecule has 0 saturated heterocycles. The van der Waals surface area contributed by atoms with Crippen LogP contribution in [0.5, 0.6) is 23.0 Å². The number of carbonyl (C=O) groups is 3. The van der Waals surface area contributed by atoms with Crippen molar-refractivity contribution in [2.24, 2.45) is 0 Å². The molecule has 0 spiro atoms. The van der Waals surface area contributed by atoms with Crippen molar-refractivity contribution < 1.29 is 33.3 Å². The minimum atomic E-state index is -0.434. The number of hydrogen-bond donors (Lipinski definition) is 0. The number of esters is 2. The molecule has 35 heavy (non-hydrogen) atoms. The van der Waals surface area contributed by atoms with Gasteiger partial charge in [0.2, 0.25) is 0 Å². The van der Waals surface area contributed by atoms with E-state index in [9.17, 15) is 14.4 Å². The van der Waals surface area contributed by atoms with Crippen molar-refractivity contribution in [3.63, 3.8) is 0 Å². The molecule has 2 aromatic rings. The third-order valence-electron chi connectivity index (χ3n) is 5.15. The van der Waals surface area contributed by atoms with Crippen molar-refractivity contribution in [1.29, 1.82) is 0 Å². The molecular formula is C26H24I2O7. The van der Waals surface area contributed by atoms with E-state index in [1.54, 1.807) is 12.1 Å². The number of hydrogen-bond acceptors (Lipinski definition) is 7. The monoisotopic (exact) mass is 702 g/mol. The van der Waals surface area contributed by atoms with Gasteiger partial charge in [-0.2, -0.15) is 0 Å². The van der Waals surface area contributed by atoms with Gasteiger partial charge in [-0.15, -0.1) is 0 Å². The molecule has 0 N–H and O–H groups in total. The van der Waals surface area contributed by atoms with Gasteiger partial charge < -0.3 is 18.9 Å². The summed E-state index contributed by atoms with van der Waals surface area (Å²) >= 11 is 4.16. The molecule has 2 aromatic carbocycles. The maximum atomic E-state index is 13.3. The summed E-state index contributed by atoms with van der Waals surface area (Å²) in [5.41, 5.74) is 2.96. The first-order chi connectivity index (χ1) is 16.6. The average molecular weight is 702 g/mol. The van der Waals surface area contributed by atoms with E-state index < -0.39 is 11.9 Å². The molecule has 1 fully saturated rings. The van der Waals surface area contributed by atoms with Gasteiger partial charge in [0, 0.05) is 25.0 Å². The van der Waals surface area contributed by atoms with Crippen LogP contribution in [-0.2, 0) is 14.4 Å². The molecule has 0 unspecified atom stereocenters. The Bertz CT molecular complexity index is 1150. The second-order valence-corrected chi connectivity index (χ2v) is 10.1. The van der Waals surface area contributed by atoms with Gasteiger partial charge in [-0.3, -0.25) is 14.4 Å². The van der Waals surface area contributed by atoms with Crippen LogP contribution in [-0.4, -0.2) is 31.9 Å². The highest BCUT2D eigenvalue weighted by atomic mass is 127. The van der Waals surface area contributed by atoms with Crippen LogP contribution in [0.1, 0.15) is 44.2 Å². The highest BCUT2D eigenvalue weighted by Crippen LogP contribution is 2.37. The van der Waals surface area contributed by atoms with Gasteiger partial charge in [0.05, 0.1) is 21.4 Å². The van der Waals surface area contributed by atoms with Crippen LogP contribution in [0, 0.1) is 7.14 Å². The number of Topliss-reactive ketones (excluding diaryl/α,β-unsaturated/α-hetero) is 1. The summed E-state index contributed by atoms with van der Waals surface area (Å²) in [5, 5.41) is 0. The topological polar surface area (TPSA) is 88.1 Å². The fourth-order valence-electron chi connectivity index (χ4n) is 3.71. The Kier molecular flexibility index (Phi) is 9.34. The predicted octanol–water partition coefficient (Wildman–Crippen LogP) is 5.98. The Hall–Kier alpha value is -2.41. The number of methoxy groups -OCH3 is 2. The van der Waals surface area contributed by atoms with Crippen LogP contribution in [0.3, 0.4) is 0 Å². The van der Waals surface area contributed by atoms with Gasteiger partial charge in [0.1, 0.15) is 0 Å². The second kappa shape index (κ2) is 12.0. The van der Waals surface area contributed by atoms with Crippen molar-refractivity contribution >= 4 is 75.1 Å². The Balaban J connectivity index is 1.94. The molecule has 0 radical (unpaired) electrons. The number of rotatable bonds is 6. The van der Waals surface area contributed by atoms with Crippen LogP contribution in [0.4, 0.5) is 0 Å². The summed E-state index contributed by atoms with van der Waals surface area (Å²) < 4.78 is 22.7. The van der Waals surface area contributed by atoms with E-state index in [4.69, 9.17) is 18.9 Å². The molecule has 0 bridgehead atoms. The molecule has 0 atom stereocenters. The van der Waals surface area contributed by atoms with Crippen molar-refractivity contribution in [3.05, 3.63) is 53.7 Å². The van der Waals surface area contributed by atoms with Crippen molar-refractivity contribution in [2.75, 3.05) is 14.2 Å². The van der Waals surface area contributed by atoms with Gasteiger partial charge >= 0.3 is 11.9 Å². The normalized spacial score (nSPS) is 15.8. The number of allylic oxidation sites excluding steroid dienone is 2. The lowest BCUT2D eigenvalue weighted by molar-refractivity contribution is -0.133. The van der Waals surface area contributed by atoms with Gasteiger partial charge in [0.25, 0.3) is 0 Å². The number of ether oxygens (including phenoxy) is 4. The average Bonchev–Trinajstić information content (AvgIpc) is 2.79. The van der Waals surface area contributed by atoms with Crippen molar-refractivity contribution in [1.82, 2.24) is 0 Å². The maximum Gasteiger partial charge on any atom is 0.308 e. The molecule has 7 nitrogen and oxygen atoms in total. The van der Waals surface area contributed by atoms with E-state index in [0.717, 1.165) is 17.5 Å². The summed E-state index contributed by atoms with van der Waals surface area (Å²) in [6.07, 6.45) is 5.86. The molecule has 1 aliphatic rings. The Morgan fingerprint density at radius 1 is 0.771 bits per heavy atom. The Morgan fingerprint density at radius 3 is 1.51 bits per heavy atom. The van der Waals surface area contributed by atoms with Gasteiger partial charge in [-0.1, -0.05) is 0 Å². The second-order valence-electron chi connectivity index (χ2n) is 7.78. The van der Waals surface area contributed by atoms with E-state index in [-0.39, 0.29) is 5.78 Å². The van der Waals surface area contributed by atoms with Crippen LogP contribution in [0.25, 0.3) is 12.2 Å². The minimum absolute atomic E-state index is 0.0210. The number of benzene rings is 2. The first-order valence-electron chi connectivity index (χ1n) is 10.7. The minimum Gasteiger partial charge on any atom is -0.493 e. The third-order valence-corrected chi connectivity index (χ3v) is 6.76. The van der Waals surface area contributed by atoms with Gasteiger partial charge in [-0.05, 0) is 112 Å². The molecule has 9 heteroatoms. The van der Waals surface area contributed by atoms with Crippen LogP contribution in [0.2, 0.25) is 0 Å². The van der Waals surface area contributed by atoms with Crippen molar-refractivity contribution in [2.45, 2.75) is 33.1 Å². The van der Waals surface area contributed by atoms with E-state index in [2.05, 4.69) is 45.2 Å². The van der Waals surface area contributed by atoms with Gasteiger partial charge in [-0.25, -0.2) is 0 Å². The van der Waals surface area contributed by atoms with E-state index in [0.29, 0.717) is 54.1 Å². The SMILES string of the molecule is COc1cc(C=C2CCCC(=Cc3cc(I)c(OC(C)=O)c(OC)c3)C2=O)cc(I)c1OC(C)=O. The lowest BCUT2D eigenvalue weighted by atomic mass is 9.87. The lowest BCUT2D eigenvalue weighted by Crippen LogP contribution is -2.12. The summed E-state index contributed by atoms with van der Waals surface area (Å²) in [6, 6.07) is 7.19. The van der Waals surface area contributed by atoms with Crippen LogP contribution >= 0.6 is 45.2 Å². The molecule has 1 saturated carbocycles. The maximum absolute atomic E-state index is 13.3. The molecule has 0 aromatic heterocycles. The number of halogens is 2. The number of ketones is 1. The molecule has 0 aliphatic heterocycles. The number of carbonyl (C=O) groups excluding carboxylic acids is 3. The summed E-state index contributed by atoms with van der Waals surface area (Å²) in [5.74, 6) is 0.680. The quantitative estimate of drug-likeness (QED) is 0.159. The highest BCUT2D eigenvalue weighted by Gasteiger charge is 2.22. The van der Waals surface area contributed by atoms with E-state index >= 15 is 0 Å². The first-order valence-corrected chi connectivity index (χ1v) is 12.9. The van der Waals surface area contributed by atoms with Gasteiger partial charge in [0.15, 0.2) is 28.8 Å². The zero-order valence-corrected chi connectivity index (χ0v) is 24.0. The standard InChI is InChI=1S/C26H24I2O7/c1-14(29)34-25-20(27)10-16(12-22(25)32-3)8-18-6-5-7-19(24(18)31)9-17-11-21(28)26(35-15(2)30)23(13-17)33-4/h8-13H,5-7H2,1-4H3. The van der Waals surface area contributed by atoms with Crippen molar-refractivity contribution in [3.8, 4) is 23.0 Å². The predicted molar refractivity (Wildman–Crippen MR) is 149 cm³/mol. The zero-order chi connectivity index (χ0) is 25.7. The summed E-state index contributed by atoms with van der Waals surface area (Å²) in [6.45, 7) is 2.67. The molecule has 0 heterocycles. The summed E-state index contributed by atoms with van der Waals surface area (Å²) in [7, 11) is 3.01. The van der Waals surface area contributed by atoms with E-state index in [1.165, 1.54) is 28.1 Å². The largest absolute Gasteiger partial charge is 0.493 e. The lowest BCUT2D eigenvalue weighted by Gasteiger charge is -2.18. The zero-order valence-electron chi connectivity index (χ0n) is 19.7. The van der Waals surface area contributed by atoms with E-state index in [1.807, 2.05) is 24.3 Å². The molecule has 184 valence electrons. The Morgan fingerprint density at radius 2 is 1.17 bits per heavy atom. The summed E-state index contributed by atoms with van der Waals surface area (Å²) in [4.78, 5) is 36.1. The highest BCUT2D eigenvalue weighted by molar-refractivity contribution is 14.1. The molecule has 3 rings (SSSR count). The molecule has 1 aliphatic carbocycles. The molecule has 0 amide bonds. The first kappa shape index (κ1) is 27.2. The van der Waals surface area contributed by atoms with Crippen LogP contribution in [0.15, 0.2) is 35.4 Å². The molecular weight excluding hydrogens is 678 g/mol.